The first-order valence-electron chi connectivity index (χ1n) is 23.3. The van der Waals surface area contributed by atoms with Crippen LogP contribution < -0.4 is 26.2 Å². The molecule has 9 aromatic rings. The van der Waals surface area contributed by atoms with Gasteiger partial charge < -0.3 is 9.80 Å². The molecule has 0 N–H and O–H groups in total. The number of thiophene rings is 1. The van der Waals surface area contributed by atoms with E-state index in [2.05, 4.69) is 243 Å². The van der Waals surface area contributed by atoms with Crippen molar-refractivity contribution in [3.8, 4) is 22.3 Å². The molecule has 0 saturated heterocycles. The van der Waals surface area contributed by atoms with Crippen molar-refractivity contribution >= 4 is 88.7 Å². The zero-order valence-corrected chi connectivity index (χ0v) is 40.3. The quantitative estimate of drug-likeness (QED) is 0.163. The summed E-state index contributed by atoms with van der Waals surface area (Å²) < 4.78 is 2.67. The highest BCUT2D eigenvalue weighted by atomic mass is 32.1. The van der Waals surface area contributed by atoms with Crippen LogP contribution in [0.3, 0.4) is 0 Å². The minimum absolute atomic E-state index is 0.00900. The summed E-state index contributed by atoms with van der Waals surface area (Å²) in [7, 11) is 0. The van der Waals surface area contributed by atoms with Crippen LogP contribution in [0.5, 0.6) is 0 Å². The Bertz CT molecular complexity index is 3340. The van der Waals surface area contributed by atoms with E-state index in [1.807, 2.05) is 11.3 Å². The van der Waals surface area contributed by atoms with E-state index >= 15 is 0 Å². The molecule has 1 aromatic heterocycles. The first-order valence-corrected chi connectivity index (χ1v) is 24.1. The normalized spacial score (nSPS) is 13.6. The third kappa shape index (κ3) is 6.83. The van der Waals surface area contributed by atoms with E-state index in [9.17, 15) is 0 Å². The van der Waals surface area contributed by atoms with Crippen molar-refractivity contribution in [2.45, 2.75) is 85.5 Å². The van der Waals surface area contributed by atoms with Crippen LogP contribution in [-0.2, 0) is 16.2 Å². The van der Waals surface area contributed by atoms with E-state index in [4.69, 9.17) is 0 Å². The van der Waals surface area contributed by atoms with Crippen LogP contribution in [0, 0.1) is 6.92 Å². The Morgan fingerprint density at radius 2 is 0.954 bits per heavy atom. The van der Waals surface area contributed by atoms with Gasteiger partial charge in [-0.3, -0.25) is 0 Å². The number of hydrogen-bond acceptors (Lipinski definition) is 3. The number of aryl methyl sites for hydroxylation is 1. The standard InChI is InChI=1S/C61H57BN2S/c1-38-33-54-57-55(34-38)64(51-32-27-41(59(2,3)4)35-48(51)39-17-12-11-13-18-39)53-37-43(61(8,9)10)26-31-50(53)62(57)49-30-25-42(60(5,6)7)36-52(49)63(54)44-28-23-40(24-29-44)45-20-16-21-47-46-19-14-15-22-56(46)65-58(45)47/h11-37H,1-10H3. The lowest BCUT2D eigenvalue weighted by Crippen LogP contribution is -2.61. The summed E-state index contributed by atoms with van der Waals surface area (Å²) in [5.74, 6) is 0. The monoisotopic (exact) mass is 860 g/mol. The fourth-order valence-corrected chi connectivity index (χ4v) is 11.6. The van der Waals surface area contributed by atoms with Crippen LogP contribution in [-0.4, -0.2) is 6.71 Å². The molecule has 0 saturated carbocycles. The second kappa shape index (κ2) is 14.8. The maximum Gasteiger partial charge on any atom is 0.252 e. The summed E-state index contributed by atoms with van der Waals surface area (Å²) >= 11 is 1.89. The van der Waals surface area contributed by atoms with Gasteiger partial charge in [-0.1, -0.05) is 172 Å². The third-order valence-corrected chi connectivity index (χ3v) is 15.2. The van der Waals surface area contributed by atoms with Gasteiger partial charge in [0.05, 0.1) is 5.69 Å². The molecule has 65 heavy (non-hydrogen) atoms. The summed E-state index contributed by atoms with van der Waals surface area (Å²) in [4.78, 5) is 5.19. The van der Waals surface area contributed by atoms with Gasteiger partial charge in [0.25, 0.3) is 6.71 Å². The topological polar surface area (TPSA) is 6.48 Å². The number of fused-ring (bicyclic) bond motifs is 7. The highest BCUT2D eigenvalue weighted by molar-refractivity contribution is 7.26. The number of rotatable bonds is 4. The predicted octanol–water partition coefficient (Wildman–Crippen LogP) is 15.7. The molecular weight excluding hydrogens is 804 g/mol. The molecule has 0 unspecified atom stereocenters. The van der Waals surface area contributed by atoms with Gasteiger partial charge in [0, 0.05) is 54.2 Å². The summed E-state index contributed by atoms with van der Waals surface area (Å²) in [6.07, 6.45) is 0. The van der Waals surface area contributed by atoms with Crippen molar-refractivity contribution in [2.75, 3.05) is 9.80 Å². The first-order chi connectivity index (χ1) is 31.0. The molecule has 0 bridgehead atoms. The van der Waals surface area contributed by atoms with Crippen LogP contribution in [0.2, 0.25) is 0 Å². The van der Waals surface area contributed by atoms with E-state index < -0.39 is 0 Å². The van der Waals surface area contributed by atoms with Gasteiger partial charge in [-0.2, -0.15) is 0 Å². The smallest absolute Gasteiger partial charge is 0.252 e. The molecule has 4 heteroatoms. The van der Waals surface area contributed by atoms with Gasteiger partial charge in [0.1, 0.15) is 0 Å². The molecule has 0 spiro atoms. The molecule has 0 atom stereocenters. The highest BCUT2D eigenvalue weighted by Crippen LogP contribution is 2.49. The van der Waals surface area contributed by atoms with E-state index in [1.54, 1.807) is 0 Å². The summed E-state index contributed by atoms with van der Waals surface area (Å²) in [5, 5.41) is 2.66. The molecule has 0 amide bonds. The third-order valence-electron chi connectivity index (χ3n) is 14.0. The second-order valence-electron chi connectivity index (χ2n) is 21.5. The Labute approximate surface area is 390 Å². The van der Waals surface area contributed by atoms with Gasteiger partial charge in [-0.15, -0.1) is 11.3 Å². The molecule has 2 aliphatic heterocycles. The molecule has 0 radical (unpaired) electrons. The largest absolute Gasteiger partial charge is 0.311 e. The van der Waals surface area contributed by atoms with Crippen molar-refractivity contribution in [1.82, 2.24) is 0 Å². The van der Waals surface area contributed by atoms with E-state index in [0.29, 0.717) is 0 Å². The maximum absolute atomic E-state index is 2.61. The summed E-state index contributed by atoms with van der Waals surface area (Å²) in [6, 6.07) is 62.7. The molecule has 320 valence electrons. The van der Waals surface area contributed by atoms with Crippen molar-refractivity contribution in [3.05, 3.63) is 186 Å². The van der Waals surface area contributed by atoms with Crippen LogP contribution in [0.1, 0.15) is 84.6 Å². The molecule has 8 aromatic carbocycles. The first kappa shape index (κ1) is 41.4. The van der Waals surface area contributed by atoms with Crippen molar-refractivity contribution in [1.29, 1.82) is 0 Å². The lowest BCUT2D eigenvalue weighted by Gasteiger charge is -2.45. The fourth-order valence-electron chi connectivity index (χ4n) is 10.4. The number of hydrogen-bond donors (Lipinski definition) is 0. The number of benzene rings is 8. The molecule has 2 aliphatic rings. The Hall–Kier alpha value is -6.36. The Balaban J connectivity index is 1.17. The minimum Gasteiger partial charge on any atom is -0.311 e. The van der Waals surface area contributed by atoms with Gasteiger partial charge in [-0.05, 0) is 133 Å². The van der Waals surface area contributed by atoms with Crippen LogP contribution >= 0.6 is 11.3 Å². The van der Waals surface area contributed by atoms with E-state index in [1.165, 1.54) is 110 Å². The number of anilines is 6. The zero-order valence-electron chi connectivity index (χ0n) is 39.5. The summed E-state index contributed by atoms with van der Waals surface area (Å²) in [6.45, 7) is 23.3. The minimum atomic E-state index is -0.0331. The van der Waals surface area contributed by atoms with E-state index in [-0.39, 0.29) is 23.0 Å². The SMILES string of the molecule is Cc1cc2c3c(c1)N(c1ccc(C(C)(C)C)cc1-c1ccccc1)c1cc(C(C)(C)C)ccc1B3c1ccc(C(C)(C)C)cc1N2c1ccc(-c2cccc3c2sc2ccccc23)cc1. The highest BCUT2D eigenvalue weighted by Gasteiger charge is 2.44. The lowest BCUT2D eigenvalue weighted by atomic mass is 9.33. The van der Waals surface area contributed by atoms with Crippen molar-refractivity contribution < 1.29 is 0 Å². The second-order valence-corrected chi connectivity index (χ2v) is 22.6. The van der Waals surface area contributed by atoms with Gasteiger partial charge >= 0.3 is 0 Å². The Kier molecular flexibility index (Phi) is 9.44. The molecular formula is C61H57BN2S. The molecule has 2 nitrogen and oxygen atoms in total. The molecule has 0 aliphatic carbocycles. The average molecular weight is 861 g/mol. The average Bonchev–Trinajstić information content (AvgIpc) is 3.67. The Morgan fingerprint density at radius 1 is 0.415 bits per heavy atom. The van der Waals surface area contributed by atoms with Crippen molar-refractivity contribution in [3.63, 3.8) is 0 Å². The Morgan fingerprint density at radius 3 is 1.60 bits per heavy atom. The molecule has 3 heterocycles. The zero-order chi connectivity index (χ0) is 45.2. The van der Waals surface area contributed by atoms with Crippen LogP contribution in [0.15, 0.2) is 164 Å². The van der Waals surface area contributed by atoms with Gasteiger partial charge in [-0.25, -0.2) is 0 Å². The summed E-state index contributed by atoms with van der Waals surface area (Å²) in [5.41, 5.74) is 21.5. The maximum atomic E-state index is 2.61. The van der Waals surface area contributed by atoms with E-state index in [0.717, 1.165) is 5.69 Å². The van der Waals surface area contributed by atoms with Gasteiger partial charge in [0.2, 0.25) is 0 Å². The van der Waals surface area contributed by atoms with Crippen LogP contribution in [0.4, 0.5) is 34.1 Å². The van der Waals surface area contributed by atoms with Crippen LogP contribution in [0.25, 0.3) is 42.4 Å². The molecule has 11 rings (SSSR count). The lowest BCUT2D eigenvalue weighted by molar-refractivity contribution is 0.590. The van der Waals surface area contributed by atoms with Crippen molar-refractivity contribution in [2.24, 2.45) is 0 Å². The predicted molar refractivity (Wildman–Crippen MR) is 285 cm³/mol. The number of nitrogens with zero attached hydrogens (tertiary/aromatic N) is 2. The fraction of sp³-hybridized carbons (Fsp3) is 0.213. The molecule has 0 fully saturated rings. The van der Waals surface area contributed by atoms with Gasteiger partial charge in [0.15, 0.2) is 0 Å².